The Labute approximate surface area is 76.9 Å². The van der Waals surface area contributed by atoms with Crippen molar-refractivity contribution < 1.29 is 14.4 Å². The highest BCUT2D eigenvalue weighted by molar-refractivity contribution is 5.75. The summed E-state index contributed by atoms with van der Waals surface area (Å²) in [6.45, 7) is 2.98. The summed E-state index contributed by atoms with van der Waals surface area (Å²) in [6, 6.07) is -0.362. The SMILES string of the molecule is CC(=O)NCC(C[C]=O)NC(C)=O. The van der Waals surface area contributed by atoms with Crippen LogP contribution in [0.2, 0.25) is 0 Å². The molecule has 0 aromatic carbocycles. The van der Waals surface area contributed by atoms with Crippen LogP contribution in [0.25, 0.3) is 0 Å². The van der Waals surface area contributed by atoms with Crippen molar-refractivity contribution in [1.29, 1.82) is 0 Å². The maximum absolute atomic E-state index is 10.6. The van der Waals surface area contributed by atoms with Crippen LogP contribution in [-0.2, 0) is 14.4 Å². The largest absolute Gasteiger partial charge is 0.354 e. The Morgan fingerprint density at radius 3 is 2.31 bits per heavy atom. The Morgan fingerprint density at radius 1 is 1.31 bits per heavy atom. The molecule has 0 aliphatic carbocycles. The molecule has 5 heteroatoms. The number of hydrogen-bond acceptors (Lipinski definition) is 3. The van der Waals surface area contributed by atoms with Gasteiger partial charge in [-0.3, -0.25) is 14.4 Å². The number of hydrogen-bond donors (Lipinski definition) is 2. The average molecular weight is 185 g/mol. The van der Waals surface area contributed by atoms with E-state index in [1.165, 1.54) is 13.8 Å². The molecule has 0 aromatic heterocycles. The first-order valence-corrected chi connectivity index (χ1v) is 3.92. The first kappa shape index (κ1) is 11.6. The van der Waals surface area contributed by atoms with E-state index in [9.17, 15) is 14.4 Å². The van der Waals surface area contributed by atoms with E-state index in [0.29, 0.717) is 0 Å². The number of nitrogens with one attached hydrogen (secondary N) is 2. The molecule has 1 radical (unpaired) electrons. The summed E-state index contributed by atoms with van der Waals surface area (Å²) < 4.78 is 0. The van der Waals surface area contributed by atoms with Gasteiger partial charge in [-0.1, -0.05) is 0 Å². The van der Waals surface area contributed by atoms with E-state index in [2.05, 4.69) is 10.6 Å². The maximum atomic E-state index is 10.6. The molecule has 0 aliphatic rings. The van der Waals surface area contributed by atoms with Gasteiger partial charge in [0.25, 0.3) is 0 Å². The van der Waals surface area contributed by atoms with E-state index in [1.807, 2.05) is 0 Å². The second-order valence-electron chi connectivity index (χ2n) is 2.68. The van der Waals surface area contributed by atoms with Gasteiger partial charge in [0.15, 0.2) is 0 Å². The van der Waals surface area contributed by atoms with Crippen molar-refractivity contribution in [3.63, 3.8) is 0 Å². The molecule has 0 saturated heterocycles. The van der Waals surface area contributed by atoms with Gasteiger partial charge in [-0.2, -0.15) is 0 Å². The smallest absolute Gasteiger partial charge is 0.217 e. The molecule has 5 nitrogen and oxygen atoms in total. The molecule has 0 heterocycles. The van der Waals surface area contributed by atoms with Crippen molar-refractivity contribution in [2.75, 3.05) is 6.54 Å². The van der Waals surface area contributed by atoms with E-state index in [-0.39, 0.29) is 30.8 Å². The Morgan fingerprint density at radius 2 is 1.92 bits per heavy atom. The first-order valence-electron chi connectivity index (χ1n) is 3.92. The lowest BCUT2D eigenvalue weighted by Crippen LogP contribution is -2.42. The predicted molar refractivity (Wildman–Crippen MR) is 46.6 cm³/mol. The van der Waals surface area contributed by atoms with Crippen LogP contribution < -0.4 is 10.6 Å². The quantitative estimate of drug-likeness (QED) is 0.584. The summed E-state index contributed by atoms with van der Waals surface area (Å²) in [5.74, 6) is -0.424. The van der Waals surface area contributed by atoms with Gasteiger partial charge in [-0.25, -0.2) is 0 Å². The van der Waals surface area contributed by atoms with Crippen molar-refractivity contribution >= 4 is 18.1 Å². The molecule has 2 N–H and O–H groups in total. The summed E-state index contributed by atoms with van der Waals surface area (Å²) in [6.07, 6.45) is 1.76. The van der Waals surface area contributed by atoms with Crippen molar-refractivity contribution in [3.8, 4) is 0 Å². The molecular formula is C8H13N2O3. The number of rotatable bonds is 5. The second-order valence-corrected chi connectivity index (χ2v) is 2.68. The number of amides is 2. The summed E-state index contributed by atoms with van der Waals surface area (Å²) >= 11 is 0. The van der Waals surface area contributed by atoms with Gasteiger partial charge in [-0.05, 0) is 0 Å². The monoisotopic (exact) mass is 185 g/mol. The molecule has 0 spiro atoms. The van der Waals surface area contributed by atoms with Gasteiger partial charge >= 0.3 is 0 Å². The molecule has 73 valence electrons. The van der Waals surface area contributed by atoms with Gasteiger partial charge in [-0.15, -0.1) is 0 Å². The minimum Gasteiger partial charge on any atom is -0.354 e. The summed E-state index contributed by atoms with van der Waals surface area (Å²) in [7, 11) is 0. The second kappa shape index (κ2) is 6.16. The number of carbonyl (C=O) groups is 2. The van der Waals surface area contributed by atoms with E-state index in [1.54, 1.807) is 6.29 Å². The van der Waals surface area contributed by atoms with Crippen LogP contribution in [0.1, 0.15) is 20.3 Å². The van der Waals surface area contributed by atoms with E-state index >= 15 is 0 Å². The van der Waals surface area contributed by atoms with Crippen molar-refractivity contribution in [2.45, 2.75) is 26.3 Å². The lowest BCUT2D eigenvalue weighted by molar-refractivity contribution is -0.121. The molecule has 2 amide bonds. The molecule has 0 bridgehead atoms. The van der Waals surface area contributed by atoms with Crippen LogP contribution in [0.3, 0.4) is 0 Å². The third-order valence-corrected chi connectivity index (χ3v) is 1.33. The third kappa shape index (κ3) is 6.99. The van der Waals surface area contributed by atoms with Gasteiger partial charge in [0.05, 0.1) is 6.04 Å². The molecular weight excluding hydrogens is 172 g/mol. The third-order valence-electron chi connectivity index (χ3n) is 1.33. The molecule has 13 heavy (non-hydrogen) atoms. The van der Waals surface area contributed by atoms with Crippen LogP contribution in [0, 0.1) is 0 Å². The normalized spacial score (nSPS) is 11.5. The van der Waals surface area contributed by atoms with Gasteiger partial charge in [0.1, 0.15) is 0 Å². The van der Waals surface area contributed by atoms with Gasteiger partial charge in [0.2, 0.25) is 18.1 Å². The molecule has 0 saturated carbocycles. The topological polar surface area (TPSA) is 75.3 Å². The highest BCUT2D eigenvalue weighted by Crippen LogP contribution is 1.86. The highest BCUT2D eigenvalue weighted by Gasteiger charge is 2.09. The van der Waals surface area contributed by atoms with E-state index in [4.69, 9.17) is 0 Å². The van der Waals surface area contributed by atoms with Crippen molar-refractivity contribution in [3.05, 3.63) is 0 Å². The summed E-state index contributed by atoms with van der Waals surface area (Å²) in [4.78, 5) is 31.2. The van der Waals surface area contributed by atoms with Crippen LogP contribution in [-0.4, -0.2) is 30.7 Å². The molecule has 1 atom stereocenters. The van der Waals surface area contributed by atoms with Crippen LogP contribution in [0.5, 0.6) is 0 Å². The minimum atomic E-state index is -0.362. The molecule has 0 aliphatic heterocycles. The fourth-order valence-corrected chi connectivity index (χ4v) is 0.829. The Bertz CT molecular complexity index is 204. The fourth-order valence-electron chi connectivity index (χ4n) is 0.829. The lowest BCUT2D eigenvalue weighted by Gasteiger charge is -2.14. The van der Waals surface area contributed by atoms with Gasteiger partial charge < -0.3 is 10.6 Å². The molecule has 0 aromatic rings. The maximum Gasteiger partial charge on any atom is 0.217 e. The standard InChI is InChI=1S/C8H13N2O3/c1-6(12)9-5-8(3-4-11)10-7(2)13/h8H,3,5H2,1-2H3,(H,9,12)(H,10,13). The fraction of sp³-hybridized carbons (Fsp3) is 0.625. The molecule has 0 fully saturated rings. The zero-order valence-electron chi connectivity index (χ0n) is 7.72. The summed E-state index contributed by atoms with van der Waals surface area (Å²) in [5.41, 5.74) is 0. The van der Waals surface area contributed by atoms with E-state index < -0.39 is 0 Å². The van der Waals surface area contributed by atoms with E-state index in [0.717, 1.165) is 0 Å². The minimum absolute atomic E-state index is 0.0832. The van der Waals surface area contributed by atoms with Crippen molar-refractivity contribution in [1.82, 2.24) is 10.6 Å². The molecule has 1 unspecified atom stereocenters. The zero-order chi connectivity index (χ0) is 10.3. The summed E-state index contributed by atoms with van der Waals surface area (Å²) in [5, 5.41) is 5.02. The lowest BCUT2D eigenvalue weighted by atomic mass is 10.2. The Balaban J connectivity index is 3.85. The highest BCUT2D eigenvalue weighted by atomic mass is 16.2. The zero-order valence-corrected chi connectivity index (χ0v) is 7.72. The number of carbonyl (C=O) groups excluding carboxylic acids is 3. The van der Waals surface area contributed by atoms with Crippen LogP contribution >= 0.6 is 0 Å². The van der Waals surface area contributed by atoms with Crippen molar-refractivity contribution in [2.24, 2.45) is 0 Å². The first-order chi connectivity index (χ1) is 6.06. The van der Waals surface area contributed by atoms with Crippen LogP contribution in [0.4, 0.5) is 0 Å². The average Bonchev–Trinajstić information content (AvgIpc) is 1.99. The Kier molecular flexibility index (Phi) is 5.50. The predicted octanol–water partition coefficient (Wildman–Crippen LogP) is -0.873. The molecule has 0 rings (SSSR count). The van der Waals surface area contributed by atoms with Gasteiger partial charge in [0, 0.05) is 26.8 Å². The van der Waals surface area contributed by atoms with Crippen LogP contribution in [0.15, 0.2) is 0 Å². The Hall–Kier alpha value is -1.39.